The summed E-state index contributed by atoms with van der Waals surface area (Å²) in [5.74, 6) is -0.851. The number of aromatic nitrogens is 1. The fourth-order valence-corrected chi connectivity index (χ4v) is 1.89. The van der Waals surface area contributed by atoms with Crippen molar-refractivity contribution in [3.63, 3.8) is 0 Å². The van der Waals surface area contributed by atoms with Crippen LogP contribution in [0.2, 0.25) is 0 Å². The summed E-state index contributed by atoms with van der Waals surface area (Å²) < 4.78 is 0. The first-order valence-electron chi connectivity index (χ1n) is 5.15. The van der Waals surface area contributed by atoms with Crippen LogP contribution in [0.4, 0.5) is 0 Å². The molecule has 0 saturated carbocycles. The van der Waals surface area contributed by atoms with E-state index in [0.717, 1.165) is 16.5 Å². The first-order valence-corrected chi connectivity index (χ1v) is 5.15. The van der Waals surface area contributed by atoms with Crippen LogP contribution in [0, 0.1) is 13.8 Å². The van der Waals surface area contributed by atoms with E-state index in [4.69, 9.17) is 5.11 Å². The topological polar surface area (TPSA) is 50.2 Å². The fourth-order valence-electron chi connectivity index (χ4n) is 1.89. The van der Waals surface area contributed by atoms with Crippen LogP contribution in [0.1, 0.15) is 16.8 Å². The molecule has 0 atom stereocenters. The maximum absolute atomic E-state index is 10.6. The summed E-state index contributed by atoms with van der Waals surface area (Å²) in [4.78, 5) is 15.0. The summed E-state index contributed by atoms with van der Waals surface area (Å²) in [6.07, 6.45) is -0.0249. The molecule has 82 valence electrons. The van der Waals surface area contributed by atoms with Gasteiger partial charge in [-0.15, -0.1) is 0 Å². The highest BCUT2D eigenvalue weighted by Gasteiger charge is 2.05. The normalized spacial score (nSPS) is 10.6. The zero-order valence-electron chi connectivity index (χ0n) is 9.32. The molecule has 1 heterocycles. The van der Waals surface area contributed by atoms with E-state index in [-0.39, 0.29) is 6.42 Å². The number of hydrogen-bond acceptors (Lipinski definition) is 2. The zero-order valence-corrected chi connectivity index (χ0v) is 9.32. The van der Waals surface area contributed by atoms with Crippen molar-refractivity contribution in [1.82, 2.24) is 4.98 Å². The first kappa shape index (κ1) is 10.6. The molecule has 1 N–H and O–H groups in total. The molecule has 0 aliphatic carbocycles. The van der Waals surface area contributed by atoms with Crippen molar-refractivity contribution >= 4 is 16.9 Å². The Morgan fingerprint density at radius 3 is 2.75 bits per heavy atom. The Kier molecular flexibility index (Phi) is 2.60. The summed E-state index contributed by atoms with van der Waals surface area (Å²) in [5.41, 5.74) is 3.79. The number of carboxylic acid groups (broad SMARTS) is 1. The number of aryl methyl sites for hydroxylation is 2. The summed E-state index contributed by atoms with van der Waals surface area (Å²) >= 11 is 0. The van der Waals surface area contributed by atoms with Crippen molar-refractivity contribution in [2.75, 3.05) is 0 Å². The Balaban J connectivity index is 2.57. The van der Waals surface area contributed by atoms with Gasteiger partial charge in [-0.2, -0.15) is 0 Å². The molecule has 0 unspecified atom stereocenters. The maximum atomic E-state index is 10.6. The standard InChI is InChI=1S/C13H13NO2/c1-8-5-9(2)11-4-3-10(7-13(15)16)14-12(11)6-8/h3-6H,7H2,1-2H3,(H,15,16). The van der Waals surface area contributed by atoms with Gasteiger partial charge >= 0.3 is 5.97 Å². The molecule has 0 radical (unpaired) electrons. The second-order valence-electron chi connectivity index (χ2n) is 4.02. The Morgan fingerprint density at radius 2 is 2.06 bits per heavy atom. The predicted octanol–water partition coefficient (Wildman–Crippen LogP) is 2.48. The number of aliphatic carboxylic acids is 1. The molecule has 0 bridgehead atoms. The molecule has 3 heteroatoms. The van der Waals surface area contributed by atoms with Gasteiger partial charge in [0, 0.05) is 5.39 Å². The largest absolute Gasteiger partial charge is 0.481 e. The summed E-state index contributed by atoms with van der Waals surface area (Å²) in [6.45, 7) is 4.05. The average Bonchev–Trinajstić information content (AvgIpc) is 2.15. The van der Waals surface area contributed by atoms with Crippen LogP contribution in [0.25, 0.3) is 10.9 Å². The molecule has 0 amide bonds. The SMILES string of the molecule is Cc1cc(C)c2ccc(CC(=O)O)nc2c1. The van der Waals surface area contributed by atoms with Crippen LogP contribution in [0.3, 0.4) is 0 Å². The lowest BCUT2D eigenvalue weighted by molar-refractivity contribution is -0.136. The number of nitrogens with zero attached hydrogens (tertiary/aromatic N) is 1. The van der Waals surface area contributed by atoms with E-state index in [0.29, 0.717) is 5.69 Å². The number of rotatable bonds is 2. The van der Waals surface area contributed by atoms with Gasteiger partial charge in [0.05, 0.1) is 17.6 Å². The maximum Gasteiger partial charge on any atom is 0.309 e. The zero-order chi connectivity index (χ0) is 11.7. The third kappa shape index (κ3) is 2.03. The predicted molar refractivity (Wildman–Crippen MR) is 62.6 cm³/mol. The van der Waals surface area contributed by atoms with E-state index in [1.54, 1.807) is 6.07 Å². The second-order valence-corrected chi connectivity index (χ2v) is 4.02. The first-order chi connectivity index (χ1) is 7.56. The van der Waals surface area contributed by atoms with E-state index in [2.05, 4.69) is 11.1 Å². The van der Waals surface area contributed by atoms with Crippen molar-refractivity contribution in [1.29, 1.82) is 0 Å². The Labute approximate surface area is 93.7 Å². The van der Waals surface area contributed by atoms with Crippen LogP contribution in [0.5, 0.6) is 0 Å². The van der Waals surface area contributed by atoms with Crippen LogP contribution < -0.4 is 0 Å². The molecule has 2 rings (SSSR count). The molecule has 0 aliphatic heterocycles. The van der Waals surface area contributed by atoms with Crippen LogP contribution in [-0.4, -0.2) is 16.1 Å². The van der Waals surface area contributed by atoms with Crippen molar-refractivity contribution in [3.05, 3.63) is 41.1 Å². The minimum absolute atomic E-state index is 0.0249. The lowest BCUT2D eigenvalue weighted by Gasteiger charge is -2.05. The van der Waals surface area contributed by atoms with E-state index in [1.807, 2.05) is 26.0 Å². The highest BCUT2D eigenvalue weighted by atomic mass is 16.4. The number of hydrogen-bond donors (Lipinski definition) is 1. The van der Waals surface area contributed by atoms with E-state index in [9.17, 15) is 4.79 Å². The number of fused-ring (bicyclic) bond motifs is 1. The van der Waals surface area contributed by atoms with Gasteiger partial charge in [0.1, 0.15) is 0 Å². The summed E-state index contributed by atoms with van der Waals surface area (Å²) in [7, 11) is 0. The lowest BCUT2D eigenvalue weighted by Crippen LogP contribution is -2.02. The molecule has 1 aromatic carbocycles. The van der Waals surface area contributed by atoms with Gasteiger partial charge in [0.15, 0.2) is 0 Å². The minimum Gasteiger partial charge on any atom is -0.481 e. The van der Waals surface area contributed by atoms with Gasteiger partial charge in [0.25, 0.3) is 0 Å². The molecule has 16 heavy (non-hydrogen) atoms. The highest BCUT2D eigenvalue weighted by molar-refractivity contribution is 5.83. The van der Waals surface area contributed by atoms with Gasteiger partial charge in [0.2, 0.25) is 0 Å². The molecule has 0 fully saturated rings. The van der Waals surface area contributed by atoms with E-state index in [1.165, 1.54) is 5.56 Å². The third-order valence-electron chi connectivity index (χ3n) is 2.55. The van der Waals surface area contributed by atoms with Crippen LogP contribution in [0.15, 0.2) is 24.3 Å². The Morgan fingerprint density at radius 1 is 1.31 bits per heavy atom. The Hall–Kier alpha value is -1.90. The molecule has 0 saturated heterocycles. The summed E-state index contributed by atoms with van der Waals surface area (Å²) in [6, 6.07) is 7.79. The van der Waals surface area contributed by atoms with Gasteiger partial charge in [-0.25, -0.2) is 0 Å². The molecule has 3 nitrogen and oxygen atoms in total. The molecular weight excluding hydrogens is 202 g/mol. The van der Waals surface area contributed by atoms with E-state index >= 15 is 0 Å². The number of carbonyl (C=O) groups is 1. The quantitative estimate of drug-likeness (QED) is 0.837. The number of carboxylic acids is 1. The van der Waals surface area contributed by atoms with Crippen molar-refractivity contribution in [2.45, 2.75) is 20.3 Å². The molecule has 1 aromatic heterocycles. The molecule has 0 spiro atoms. The third-order valence-corrected chi connectivity index (χ3v) is 2.55. The lowest BCUT2D eigenvalue weighted by atomic mass is 10.1. The number of pyridine rings is 1. The van der Waals surface area contributed by atoms with Crippen LogP contribution in [-0.2, 0) is 11.2 Å². The Bertz CT molecular complexity index is 561. The van der Waals surface area contributed by atoms with Gasteiger partial charge in [-0.05, 0) is 37.1 Å². The van der Waals surface area contributed by atoms with Gasteiger partial charge in [-0.1, -0.05) is 12.1 Å². The van der Waals surface area contributed by atoms with Crippen molar-refractivity contribution in [2.24, 2.45) is 0 Å². The van der Waals surface area contributed by atoms with Gasteiger partial charge in [-0.3, -0.25) is 9.78 Å². The molecular formula is C13H13NO2. The highest BCUT2D eigenvalue weighted by Crippen LogP contribution is 2.19. The smallest absolute Gasteiger partial charge is 0.309 e. The monoisotopic (exact) mass is 215 g/mol. The van der Waals surface area contributed by atoms with Crippen LogP contribution >= 0.6 is 0 Å². The van der Waals surface area contributed by atoms with E-state index < -0.39 is 5.97 Å². The number of benzene rings is 1. The van der Waals surface area contributed by atoms with Gasteiger partial charge < -0.3 is 5.11 Å². The minimum atomic E-state index is -0.851. The average molecular weight is 215 g/mol. The van der Waals surface area contributed by atoms with Crippen molar-refractivity contribution < 1.29 is 9.90 Å². The second kappa shape index (κ2) is 3.93. The molecule has 2 aromatic rings. The van der Waals surface area contributed by atoms with Crippen molar-refractivity contribution in [3.8, 4) is 0 Å². The molecule has 0 aliphatic rings. The fraction of sp³-hybridized carbons (Fsp3) is 0.231. The summed E-state index contributed by atoms with van der Waals surface area (Å²) in [5, 5.41) is 9.79.